The van der Waals surface area contributed by atoms with Crippen molar-refractivity contribution in [1.29, 1.82) is 0 Å². The maximum atomic E-state index is 2.54. The molecule has 0 bridgehead atoms. The van der Waals surface area contributed by atoms with Crippen LogP contribution < -0.4 is 4.90 Å². The molecule has 0 aromatic heterocycles. The lowest BCUT2D eigenvalue weighted by Crippen LogP contribution is -2.17. The van der Waals surface area contributed by atoms with Crippen molar-refractivity contribution in [3.8, 4) is 22.3 Å². The molecule has 50 heavy (non-hydrogen) atoms. The maximum absolute atomic E-state index is 2.54. The Morgan fingerprint density at radius 2 is 0.940 bits per heavy atom. The monoisotopic (exact) mass is 637 g/mol. The Morgan fingerprint density at radius 3 is 1.76 bits per heavy atom. The van der Waals surface area contributed by atoms with Crippen LogP contribution in [-0.4, -0.2) is 0 Å². The van der Waals surface area contributed by atoms with Gasteiger partial charge in [-0.25, -0.2) is 0 Å². The average Bonchev–Trinajstić information content (AvgIpc) is 3.40. The maximum Gasteiger partial charge on any atom is 0.0546 e. The minimum atomic E-state index is -0.124. The first-order valence-corrected chi connectivity index (χ1v) is 17.5. The van der Waals surface area contributed by atoms with Gasteiger partial charge in [0.05, 0.1) is 11.4 Å². The average molecular weight is 638 g/mol. The fourth-order valence-corrected chi connectivity index (χ4v) is 8.63. The molecule has 1 aliphatic rings. The first kappa shape index (κ1) is 28.8. The molecule has 0 atom stereocenters. The molecule has 0 saturated carbocycles. The van der Waals surface area contributed by atoms with Gasteiger partial charge in [0.25, 0.3) is 0 Å². The van der Waals surface area contributed by atoms with Crippen LogP contribution in [0.1, 0.15) is 25.0 Å². The van der Waals surface area contributed by atoms with Crippen LogP contribution >= 0.6 is 0 Å². The zero-order valence-corrected chi connectivity index (χ0v) is 28.2. The number of rotatable bonds is 4. The summed E-state index contributed by atoms with van der Waals surface area (Å²) in [6.07, 6.45) is 0. The molecule has 1 aliphatic carbocycles. The van der Waals surface area contributed by atoms with Crippen LogP contribution in [0.4, 0.5) is 17.1 Å². The Kier molecular flexibility index (Phi) is 6.29. The zero-order valence-electron chi connectivity index (χ0n) is 28.2. The Bertz CT molecular complexity index is 2800. The van der Waals surface area contributed by atoms with Crippen LogP contribution in [0.3, 0.4) is 0 Å². The van der Waals surface area contributed by atoms with Gasteiger partial charge >= 0.3 is 0 Å². The second-order valence-electron chi connectivity index (χ2n) is 14.1. The molecule has 0 N–H and O–H groups in total. The van der Waals surface area contributed by atoms with E-state index in [4.69, 9.17) is 0 Å². The summed E-state index contributed by atoms with van der Waals surface area (Å²) < 4.78 is 0. The van der Waals surface area contributed by atoms with Crippen LogP contribution in [0.2, 0.25) is 0 Å². The third-order valence-electron chi connectivity index (χ3n) is 11.0. The Morgan fingerprint density at radius 1 is 0.360 bits per heavy atom. The molecule has 1 nitrogen and oxygen atoms in total. The second kappa shape index (κ2) is 10.9. The van der Waals surface area contributed by atoms with E-state index in [2.05, 4.69) is 195 Å². The lowest BCUT2D eigenvalue weighted by Gasteiger charge is -2.32. The van der Waals surface area contributed by atoms with Gasteiger partial charge in [0.1, 0.15) is 0 Å². The predicted molar refractivity (Wildman–Crippen MR) is 214 cm³/mol. The van der Waals surface area contributed by atoms with Crippen molar-refractivity contribution in [3.63, 3.8) is 0 Å². The molecule has 0 aliphatic heterocycles. The molecule has 236 valence electrons. The lowest BCUT2D eigenvalue weighted by molar-refractivity contribution is 0.660. The van der Waals surface area contributed by atoms with Gasteiger partial charge in [-0.05, 0) is 89.8 Å². The van der Waals surface area contributed by atoms with E-state index in [9.17, 15) is 0 Å². The van der Waals surface area contributed by atoms with Crippen molar-refractivity contribution < 1.29 is 0 Å². The smallest absolute Gasteiger partial charge is 0.0546 e. The summed E-state index contributed by atoms with van der Waals surface area (Å²) in [5.41, 5.74) is 11.2. The summed E-state index contributed by atoms with van der Waals surface area (Å²) in [7, 11) is 0. The SMILES string of the molecule is CC1(C)c2ccccc2-c2ccc(N(c3ccc4ccccc4c3-c3cccc4ccccc34)c3cc4ccccc4c4ccccc34)cc21. The number of hydrogen-bond donors (Lipinski definition) is 0. The largest absolute Gasteiger partial charge is 0.309 e. The highest BCUT2D eigenvalue weighted by Crippen LogP contribution is 2.53. The standard InChI is InChI=1S/C49H35N/c1-49(2)44-25-12-11-22-40(44)41-28-27-35(31-45(41)49)50(47-30-34-16-5-7-19-37(34)39-21-9-10-23-42(39)47)46-29-26-33-15-4-8-20-38(33)48(46)43-24-13-17-32-14-3-6-18-36(32)43/h3-31H,1-2H3. The minimum Gasteiger partial charge on any atom is -0.309 e. The zero-order chi connectivity index (χ0) is 33.4. The van der Waals surface area contributed by atoms with E-state index in [0.29, 0.717) is 0 Å². The molecule has 0 spiro atoms. The third kappa shape index (κ3) is 4.20. The summed E-state index contributed by atoms with van der Waals surface area (Å²) in [5, 5.41) is 9.94. The molecule has 10 rings (SSSR count). The Hall–Kier alpha value is -6.18. The summed E-state index contributed by atoms with van der Waals surface area (Å²) in [6, 6.07) is 65.1. The van der Waals surface area contributed by atoms with Crippen molar-refractivity contribution in [2.45, 2.75) is 19.3 Å². The van der Waals surface area contributed by atoms with Crippen molar-refractivity contribution in [3.05, 3.63) is 187 Å². The second-order valence-corrected chi connectivity index (χ2v) is 14.1. The van der Waals surface area contributed by atoms with E-state index in [1.54, 1.807) is 0 Å². The van der Waals surface area contributed by atoms with Gasteiger partial charge in [0.15, 0.2) is 0 Å². The highest BCUT2D eigenvalue weighted by molar-refractivity contribution is 6.17. The van der Waals surface area contributed by atoms with Crippen molar-refractivity contribution in [1.82, 2.24) is 0 Å². The molecule has 0 heterocycles. The first-order chi connectivity index (χ1) is 24.6. The fourth-order valence-electron chi connectivity index (χ4n) is 8.63. The van der Waals surface area contributed by atoms with E-state index in [1.165, 1.54) is 82.2 Å². The van der Waals surface area contributed by atoms with E-state index in [-0.39, 0.29) is 5.41 Å². The van der Waals surface area contributed by atoms with Gasteiger partial charge in [-0.1, -0.05) is 166 Å². The molecule has 0 saturated heterocycles. The number of benzene rings is 9. The number of hydrogen-bond acceptors (Lipinski definition) is 1. The highest BCUT2D eigenvalue weighted by atomic mass is 15.1. The lowest BCUT2D eigenvalue weighted by atomic mass is 9.82. The molecular formula is C49H35N. The molecule has 0 unspecified atom stereocenters. The fraction of sp³-hybridized carbons (Fsp3) is 0.0612. The van der Waals surface area contributed by atoms with Crippen LogP contribution in [0.25, 0.3) is 65.3 Å². The molecule has 9 aromatic carbocycles. The molecular weight excluding hydrogens is 603 g/mol. The van der Waals surface area contributed by atoms with Crippen LogP contribution in [-0.2, 0) is 5.41 Å². The van der Waals surface area contributed by atoms with Gasteiger partial charge in [-0.15, -0.1) is 0 Å². The molecule has 0 fully saturated rings. The Labute approximate surface area is 292 Å². The number of anilines is 3. The summed E-state index contributed by atoms with van der Waals surface area (Å²) in [4.78, 5) is 2.54. The van der Waals surface area contributed by atoms with Crippen molar-refractivity contribution in [2.75, 3.05) is 4.90 Å². The van der Waals surface area contributed by atoms with E-state index in [1.807, 2.05) is 0 Å². The van der Waals surface area contributed by atoms with Crippen molar-refractivity contribution in [2.24, 2.45) is 0 Å². The highest BCUT2D eigenvalue weighted by Gasteiger charge is 2.36. The van der Waals surface area contributed by atoms with Crippen LogP contribution in [0.15, 0.2) is 176 Å². The quantitative estimate of drug-likeness (QED) is 0.174. The normalized spacial score (nSPS) is 13.2. The van der Waals surface area contributed by atoms with E-state index < -0.39 is 0 Å². The van der Waals surface area contributed by atoms with Crippen LogP contribution in [0.5, 0.6) is 0 Å². The molecule has 0 radical (unpaired) electrons. The minimum absolute atomic E-state index is 0.124. The Balaban J connectivity index is 1.35. The summed E-state index contributed by atoms with van der Waals surface area (Å²) in [5.74, 6) is 0. The van der Waals surface area contributed by atoms with Gasteiger partial charge in [-0.3, -0.25) is 0 Å². The van der Waals surface area contributed by atoms with Crippen LogP contribution in [0, 0.1) is 0 Å². The van der Waals surface area contributed by atoms with Gasteiger partial charge in [-0.2, -0.15) is 0 Å². The van der Waals surface area contributed by atoms with E-state index >= 15 is 0 Å². The van der Waals surface area contributed by atoms with Crippen molar-refractivity contribution >= 4 is 60.2 Å². The number of fused-ring (bicyclic) bond motifs is 8. The van der Waals surface area contributed by atoms with Gasteiger partial charge < -0.3 is 4.90 Å². The summed E-state index contributed by atoms with van der Waals surface area (Å²) in [6.45, 7) is 4.74. The van der Waals surface area contributed by atoms with Gasteiger partial charge in [0.2, 0.25) is 0 Å². The summed E-state index contributed by atoms with van der Waals surface area (Å²) >= 11 is 0. The first-order valence-electron chi connectivity index (χ1n) is 17.5. The molecule has 0 amide bonds. The molecule has 9 aromatic rings. The molecule has 1 heteroatoms. The topological polar surface area (TPSA) is 3.24 Å². The van der Waals surface area contributed by atoms with E-state index in [0.717, 1.165) is 11.4 Å². The number of nitrogens with zero attached hydrogens (tertiary/aromatic N) is 1. The third-order valence-corrected chi connectivity index (χ3v) is 11.0. The predicted octanol–water partition coefficient (Wildman–Crippen LogP) is 13.7. The van der Waals surface area contributed by atoms with Gasteiger partial charge in [0, 0.05) is 22.1 Å².